The largest absolute Gasteiger partial charge is 0.459 e. The Balaban J connectivity index is 1.30. The molecule has 0 atom stereocenters. The molecule has 49 heavy (non-hydrogen) atoms. The highest BCUT2D eigenvalue weighted by Crippen LogP contribution is 2.32. The Morgan fingerprint density at radius 1 is 0.939 bits per heavy atom. The highest BCUT2D eigenvalue weighted by atomic mass is 19.4. The van der Waals surface area contributed by atoms with Crippen LogP contribution in [0.5, 0.6) is 0 Å². The van der Waals surface area contributed by atoms with E-state index in [0.29, 0.717) is 28.0 Å². The van der Waals surface area contributed by atoms with Crippen molar-refractivity contribution in [2.24, 2.45) is 0 Å². The molecule has 1 amide bonds. The molecule has 12 heteroatoms. The number of likely N-dealkylation sites (tertiary alicyclic amines) is 1. The molecule has 1 fully saturated rings. The Hall–Kier alpha value is -4.84. The standard InChI is InChI=1S/C37H35F5N4O3/c1-2-44-20-18-27(19-21-44)45(22-28-15-16-32(49-28)24-10-13-26(14-11-24)37(40,41)42)34(47)23-46-31-9-4-3-7-29(31)36(48)43-33(46)17-12-25-6-5-8-30(38)35(25)39/h3-11,13-16,27H,2,12,17-23H2,1H3. The van der Waals surface area contributed by atoms with E-state index in [1.165, 1.54) is 24.3 Å². The van der Waals surface area contributed by atoms with Gasteiger partial charge in [0.15, 0.2) is 11.6 Å². The second kappa shape index (κ2) is 14.3. The number of carbonyl (C=O) groups is 1. The van der Waals surface area contributed by atoms with Crippen LogP contribution in [-0.2, 0) is 36.9 Å². The highest BCUT2D eigenvalue weighted by Gasteiger charge is 2.31. The predicted molar refractivity (Wildman–Crippen MR) is 175 cm³/mol. The first-order valence-electron chi connectivity index (χ1n) is 16.2. The van der Waals surface area contributed by atoms with Gasteiger partial charge >= 0.3 is 6.18 Å². The molecule has 1 aliphatic heterocycles. The molecule has 1 saturated heterocycles. The number of furan rings is 1. The van der Waals surface area contributed by atoms with Gasteiger partial charge in [0.25, 0.3) is 5.56 Å². The lowest BCUT2D eigenvalue weighted by atomic mass is 10.0. The quantitative estimate of drug-likeness (QED) is 0.146. The highest BCUT2D eigenvalue weighted by molar-refractivity contribution is 5.82. The number of piperidine rings is 1. The maximum Gasteiger partial charge on any atom is 0.416 e. The third kappa shape index (κ3) is 7.59. The van der Waals surface area contributed by atoms with E-state index in [9.17, 15) is 31.5 Å². The summed E-state index contributed by atoms with van der Waals surface area (Å²) in [6.45, 7) is 4.51. The number of hydrogen-bond donors (Lipinski definition) is 0. The Morgan fingerprint density at radius 3 is 2.39 bits per heavy atom. The average Bonchev–Trinajstić information content (AvgIpc) is 3.58. The zero-order chi connectivity index (χ0) is 34.7. The van der Waals surface area contributed by atoms with Gasteiger partial charge in [-0.25, -0.2) is 8.78 Å². The second-order valence-corrected chi connectivity index (χ2v) is 12.2. The number of aryl methyl sites for hydroxylation is 2. The third-order valence-electron chi connectivity index (χ3n) is 9.16. The molecule has 0 bridgehead atoms. The molecule has 5 aromatic rings. The summed E-state index contributed by atoms with van der Waals surface area (Å²) in [5, 5.41) is 0.325. The van der Waals surface area contributed by atoms with Gasteiger partial charge in [-0.15, -0.1) is 0 Å². The number of rotatable bonds is 10. The summed E-state index contributed by atoms with van der Waals surface area (Å²) in [6, 6.07) is 18.7. The van der Waals surface area contributed by atoms with Crippen LogP contribution in [0.25, 0.3) is 22.2 Å². The van der Waals surface area contributed by atoms with Gasteiger partial charge < -0.3 is 18.8 Å². The summed E-state index contributed by atoms with van der Waals surface area (Å²) in [6.07, 6.45) is -2.87. The lowest BCUT2D eigenvalue weighted by Gasteiger charge is -2.38. The minimum atomic E-state index is -4.45. The number of halogens is 5. The van der Waals surface area contributed by atoms with Crippen molar-refractivity contribution in [2.75, 3.05) is 19.6 Å². The maximum absolute atomic E-state index is 14.5. The number of benzene rings is 3. The summed E-state index contributed by atoms with van der Waals surface area (Å²) in [4.78, 5) is 35.7. The molecular weight excluding hydrogens is 643 g/mol. The van der Waals surface area contributed by atoms with Gasteiger partial charge in [-0.2, -0.15) is 18.2 Å². The minimum Gasteiger partial charge on any atom is -0.459 e. The van der Waals surface area contributed by atoms with Crippen LogP contribution in [0.3, 0.4) is 0 Å². The number of fused-ring (bicyclic) bond motifs is 1. The van der Waals surface area contributed by atoms with Crippen LogP contribution in [0.15, 0.2) is 88.1 Å². The van der Waals surface area contributed by atoms with Crippen molar-refractivity contribution in [3.05, 3.63) is 124 Å². The van der Waals surface area contributed by atoms with Crippen LogP contribution < -0.4 is 5.56 Å². The second-order valence-electron chi connectivity index (χ2n) is 12.2. The molecule has 1 aliphatic rings. The molecule has 0 radical (unpaired) electrons. The van der Waals surface area contributed by atoms with Crippen LogP contribution in [0, 0.1) is 11.6 Å². The smallest absolute Gasteiger partial charge is 0.416 e. The van der Waals surface area contributed by atoms with Gasteiger partial charge in [-0.1, -0.05) is 43.3 Å². The molecule has 7 nitrogen and oxygen atoms in total. The lowest BCUT2D eigenvalue weighted by molar-refractivity contribution is -0.138. The Morgan fingerprint density at radius 2 is 1.67 bits per heavy atom. The van der Waals surface area contributed by atoms with Gasteiger partial charge in [-0.05, 0) is 73.8 Å². The molecule has 0 N–H and O–H groups in total. The van der Waals surface area contributed by atoms with Gasteiger partial charge in [0.05, 0.1) is 23.0 Å². The maximum atomic E-state index is 14.5. The topological polar surface area (TPSA) is 71.6 Å². The SMILES string of the molecule is CCN1CCC(N(Cc2ccc(-c3ccc(C(F)(F)F)cc3)o2)C(=O)Cn2c(CCc3cccc(F)c3F)nc(=O)c3ccccc32)CC1. The molecule has 0 aliphatic carbocycles. The van der Waals surface area contributed by atoms with Crippen molar-refractivity contribution >= 4 is 16.8 Å². The molecule has 0 spiro atoms. The Bertz CT molecular complexity index is 2000. The third-order valence-corrected chi connectivity index (χ3v) is 9.16. The molecule has 0 saturated carbocycles. The van der Waals surface area contributed by atoms with E-state index >= 15 is 0 Å². The number of nitrogens with zero attached hydrogens (tertiary/aromatic N) is 4. The van der Waals surface area contributed by atoms with Crippen molar-refractivity contribution in [1.29, 1.82) is 0 Å². The van der Waals surface area contributed by atoms with Gasteiger partial charge in [-0.3, -0.25) is 9.59 Å². The lowest BCUT2D eigenvalue weighted by Crippen LogP contribution is -2.48. The van der Waals surface area contributed by atoms with E-state index in [4.69, 9.17) is 4.42 Å². The fourth-order valence-electron chi connectivity index (χ4n) is 6.43. The van der Waals surface area contributed by atoms with E-state index in [1.54, 1.807) is 45.9 Å². The number of amides is 1. The van der Waals surface area contributed by atoms with Crippen LogP contribution >= 0.6 is 0 Å². The molecule has 6 rings (SSSR count). The fraction of sp³-hybridized carbons (Fsp3) is 0.324. The van der Waals surface area contributed by atoms with E-state index in [2.05, 4.69) is 16.8 Å². The number of carbonyl (C=O) groups excluding carboxylic acids is 1. The van der Waals surface area contributed by atoms with E-state index in [0.717, 1.165) is 50.7 Å². The van der Waals surface area contributed by atoms with Crippen molar-refractivity contribution in [3.63, 3.8) is 0 Å². The Kier molecular flexibility index (Phi) is 9.96. The van der Waals surface area contributed by atoms with E-state index in [1.807, 2.05) is 0 Å². The first-order chi connectivity index (χ1) is 23.5. The number of aromatic nitrogens is 2. The van der Waals surface area contributed by atoms with Gasteiger partial charge in [0, 0.05) is 31.1 Å². The monoisotopic (exact) mass is 678 g/mol. The summed E-state index contributed by atoms with van der Waals surface area (Å²) in [7, 11) is 0. The van der Waals surface area contributed by atoms with Crippen LogP contribution in [0.4, 0.5) is 22.0 Å². The average molecular weight is 679 g/mol. The summed E-state index contributed by atoms with van der Waals surface area (Å²) >= 11 is 0. The molecular formula is C37H35F5N4O3. The molecule has 3 aromatic carbocycles. The molecule has 2 aromatic heterocycles. The number of alkyl halides is 3. The van der Waals surface area contributed by atoms with Crippen molar-refractivity contribution in [2.45, 2.75) is 57.9 Å². The van der Waals surface area contributed by atoms with Crippen molar-refractivity contribution in [1.82, 2.24) is 19.4 Å². The molecule has 256 valence electrons. The molecule has 0 unspecified atom stereocenters. The van der Waals surface area contributed by atoms with Crippen LogP contribution in [0.2, 0.25) is 0 Å². The number of para-hydroxylation sites is 1. The summed E-state index contributed by atoms with van der Waals surface area (Å²) < 4.78 is 75.5. The minimum absolute atomic E-state index is 0.0564. The van der Waals surface area contributed by atoms with Crippen LogP contribution in [-0.4, -0.2) is 50.9 Å². The summed E-state index contributed by atoms with van der Waals surface area (Å²) in [5.41, 5.74) is -0.147. The van der Waals surface area contributed by atoms with Crippen molar-refractivity contribution in [3.8, 4) is 11.3 Å². The fourth-order valence-corrected chi connectivity index (χ4v) is 6.43. The first-order valence-corrected chi connectivity index (χ1v) is 16.2. The molecule has 3 heterocycles. The van der Waals surface area contributed by atoms with Gasteiger partial charge in [0.1, 0.15) is 23.9 Å². The van der Waals surface area contributed by atoms with Gasteiger partial charge in [0.2, 0.25) is 5.91 Å². The normalized spacial score (nSPS) is 14.4. The zero-order valence-electron chi connectivity index (χ0n) is 26.9. The predicted octanol–water partition coefficient (Wildman–Crippen LogP) is 7.25. The summed E-state index contributed by atoms with van der Waals surface area (Å²) in [5.74, 6) is -1.08. The zero-order valence-corrected chi connectivity index (χ0v) is 26.9. The van der Waals surface area contributed by atoms with E-state index < -0.39 is 28.9 Å². The number of hydrogen-bond acceptors (Lipinski definition) is 5. The van der Waals surface area contributed by atoms with E-state index in [-0.39, 0.29) is 49.3 Å². The van der Waals surface area contributed by atoms with Crippen molar-refractivity contribution < 1.29 is 31.2 Å². The first kappa shape index (κ1) is 34.0. The van der Waals surface area contributed by atoms with Crippen LogP contribution in [0.1, 0.15) is 42.5 Å². The Labute approximate surface area is 279 Å².